The SMILES string of the molecule is CCNC(=NCC1CCCC1O)NC(C)c1ccc(F)c(F)c1. The lowest BCUT2D eigenvalue weighted by Gasteiger charge is -2.19. The summed E-state index contributed by atoms with van der Waals surface area (Å²) in [5.74, 6) is -0.892. The highest BCUT2D eigenvalue weighted by molar-refractivity contribution is 5.80. The first-order valence-corrected chi connectivity index (χ1v) is 8.19. The van der Waals surface area contributed by atoms with Crippen LogP contribution < -0.4 is 10.6 Å². The fraction of sp³-hybridized carbons (Fsp3) is 0.588. The lowest BCUT2D eigenvalue weighted by atomic mass is 10.1. The van der Waals surface area contributed by atoms with Gasteiger partial charge in [-0.2, -0.15) is 0 Å². The van der Waals surface area contributed by atoms with Crippen LogP contribution in [0.2, 0.25) is 0 Å². The molecule has 3 atom stereocenters. The predicted octanol–water partition coefficient (Wildman–Crippen LogP) is 2.74. The van der Waals surface area contributed by atoms with Crippen LogP contribution in [0.1, 0.15) is 44.7 Å². The molecule has 0 heterocycles. The summed E-state index contributed by atoms with van der Waals surface area (Å²) in [4.78, 5) is 4.52. The lowest BCUT2D eigenvalue weighted by Crippen LogP contribution is -2.39. The number of guanidine groups is 1. The van der Waals surface area contributed by atoms with E-state index in [4.69, 9.17) is 0 Å². The highest BCUT2D eigenvalue weighted by Gasteiger charge is 2.24. The van der Waals surface area contributed by atoms with Crippen molar-refractivity contribution < 1.29 is 13.9 Å². The van der Waals surface area contributed by atoms with E-state index in [-0.39, 0.29) is 18.1 Å². The second-order valence-electron chi connectivity index (χ2n) is 6.02. The molecule has 0 radical (unpaired) electrons. The maximum absolute atomic E-state index is 13.3. The molecule has 23 heavy (non-hydrogen) atoms. The average molecular weight is 325 g/mol. The fourth-order valence-corrected chi connectivity index (χ4v) is 2.83. The summed E-state index contributed by atoms with van der Waals surface area (Å²) in [6.45, 7) is 5.08. The molecule has 0 aliphatic heterocycles. The van der Waals surface area contributed by atoms with Gasteiger partial charge in [-0.1, -0.05) is 12.5 Å². The first kappa shape index (κ1) is 17.7. The van der Waals surface area contributed by atoms with Crippen LogP contribution in [0.15, 0.2) is 23.2 Å². The Bertz CT molecular complexity index is 551. The van der Waals surface area contributed by atoms with E-state index in [1.807, 2.05) is 13.8 Å². The van der Waals surface area contributed by atoms with Crippen molar-refractivity contribution in [1.82, 2.24) is 10.6 Å². The number of hydrogen-bond acceptors (Lipinski definition) is 2. The van der Waals surface area contributed by atoms with E-state index in [9.17, 15) is 13.9 Å². The van der Waals surface area contributed by atoms with Crippen molar-refractivity contribution in [2.24, 2.45) is 10.9 Å². The maximum Gasteiger partial charge on any atom is 0.191 e. The first-order valence-electron chi connectivity index (χ1n) is 8.19. The normalized spacial score (nSPS) is 22.9. The Balaban J connectivity index is 2.00. The molecule has 1 aromatic rings. The Labute approximate surface area is 136 Å². The highest BCUT2D eigenvalue weighted by Crippen LogP contribution is 2.25. The van der Waals surface area contributed by atoms with E-state index in [0.717, 1.165) is 25.3 Å². The molecule has 0 spiro atoms. The minimum atomic E-state index is -0.854. The molecular formula is C17H25F2N3O. The Morgan fingerprint density at radius 2 is 2.13 bits per heavy atom. The van der Waals surface area contributed by atoms with Crippen LogP contribution in [-0.2, 0) is 0 Å². The zero-order chi connectivity index (χ0) is 16.8. The maximum atomic E-state index is 13.3. The third-order valence-electron chi connectivity index (χ3n) is 4.24. The third kappa shape index (κ3) is 4.89. The molecular weight excluding hydrogens is 300 g/mol. The fourth-order valence-electron chi connectivity index (χ4n) is 2.83. The van der Waals surface area contributed by atoms with Crippen molar-refractivity contribution in [2.45, 2.75) is 45.3 Å². The summed E-state index contributed by atoms with van der Waals surface area (Å²) in [5, 5.41) is 16.2. The quantitative estimate of drug-likeness (QED) is 0.576. The van der Waals surface area contributed by atoms with Gasteiger partial charge < -0.3 is 15.7 Å². The van der Waals surface area contributed by atoms with Crippen LogP contribution in [0.4, 0.5) is 8.78 Å². The summed E-state index contributed by atoms with van der Waals surface area (Å²) < 4.78 is 26.4. The largest absolute Gasteiger partial charge is 0.393 e. The second kappa shape index (κ2) is 8.24. The number of nitrogens with zero attached hydrogens (tertiary/aromatic N) is 1. The zero-order valence-electron chi connectivity index (χ0n) is 13.6. The molecule has 2 rings (SSSR count). The van der Waals surface area contributed by atoms with Crippen LogP contribution in [0.25, 0.3) is 0 Å². The van der Waals surface area contributed by atoms with E-state index >= 15 is 0 Å². The number of rotatable bonds is 5. The minimum absolute atomic E-state index is 0.198. The molecule has 1 aromatic carbocycles. The molecule has 1 fully saturated rings. The topological polar surface area (TPSA) is 56.7 Å². The predicted molar refractivity (Wildman–Crippen MR) is 87.2 cm³/mol. The molecule has 0 saturated heterocycles. The molecule has 6 heteroatoms. The van der Waals surface area contributed by atoms with Crippen molar-refractivity contribution in [3.8, 4) is 0 Å². The molecule has 3 unspecified atom stereocenters. The zero-order valence-corrected chi connectivity index (χ0v) is 13.6. The van der Waals surface area contributed by atoms with E-state index < -0.39 is 11.6 Å². The van der Waals surface area contributed by atoms with Gasteiger partial charge >= 0.3 is 0 Å². The molecule has 0 aromatic heterocycles. The minimum Gasteiger partial charge on any atom is -0.393 e. The second-order valence-corrected chi connectivity index (χ2v) is 6.02. The Morgan fingerprint density at radius 3 is 2.74 bits per heavy atom. The van der Waals surface area contributed by atoms with E-state index in [0.29, 0.717) is 24.6 Å². The molecule has 0 amide bonds. The Morgan fingerprint density at radius 1 is 1.35 bits per heavy atom. The Kier molecular flexibility index (Phi) is 6.33. The van der Waals surface area contributed by atoms with Crippen molar-refractivity contribution in [3.63, 3.8) is 0 Å². The van der Waals surface area contributed by atoms with E-state index in [1.54, 1.807) is 6.07 Å². The summed E-state index contributed by atoms with van der Waals surface area (Å²) in [6.07, 6.45) is 2.60. The van der Waals surface area contributed by atoms with E-state index in [2.05, 4.69) is 15.6 Å². The van der Waals surface area contributed by atoms with Crippen molar-refractivity contribution in [3.05, 3.63) is 35.4 Å². The lowest BCUT2D eigenvalue weighted by molar-refractivity contribution is 0.136. The average Bonchev–Trinajstić information content (AvgIpc) is 2.93. The van der Waals surface area contributed by atoms with Gasteiger partial charge in [-0.25, -0.2) is 8.78 Å². The van der Waals surface area contributed by atoms with Gasteiger partial charge in [0.1, 0.15) is 0 Å². The molecule has 128 valence electrons. The summed E-state index contributed by atoms with van der Waals surface area (Å²) in [7, 11) is 0. The smallest absolute Gasteiger partial charge is 0.191 e. The van der Waals surface area contributed by atoms with Gasteiger partial charge in [0.25, 0.3) is 0 Å². The van der Waals surface area contributed by atoms with Gasteiger partial charge in [0.15, 0.2) is 17.6 Å². The van der Waals surface area contributed by atoms with Crippen LogP contribution in [-0.4, -0.2) is 30.3 Å². The molecule has 0 bridgehead atoms. The first-order chi connectivity index (χ1) is 11.0. The third-order valence-corrected chi connectivity index (χ3v) is 4.24. The number of aliphatic imine (C=N–C) groups is 1. The number of benzene rings is 1. The monoisotopic (exact) mass is 325 g/mol. The summed E-state index contributed by atoms with van der Waals surface area (Å²) >= 11 is 0. The molecule has 1 aliphatic rings. The van der Waals surface area contributed by atoms with Gasteiger partial charge in [-0.3, -0.25) is 4.99 Å². The molecule has 3 N–H and O–H groups in total. The standard InChI is InChI=1S/C17H25F2N3O/c1-3-20-17(21-10-13-5-4-6-16(13)23)22-11(2)12-7-8-14(18)15(19)9-12/h7-9,11,13,16,23H,3-6,10H2,1-2H3,(H2,20,21,22). The Hall–Kier alpha value is -1.69. The van der Waals surface area contributed by atoms with Crippen LogP contribution >= 0.6 is 0 Å². The number of aliphatic hydroxyl groups excluding tert-OH is 1. The number of nitrogens with one attached hydrogen (secondary N) is 2. The summed E-state index contributed by atoms with van der Waals surface area (Å²) in [5.41, 5.74) is 0.649. The van der Waals surface area contributed by atoms with Crippen LogP contribution in [0, 0.1) is 17.6 Å². The summed E-state index contributed by atoms with van der Waals surface area (Å²) in [6, 6.07) is 3.66. The number of hydrogen-bond donors (Lipinski definition) is 3. The number of halogens is 2. The van der Waals surface area contributed by atoms with Crippen molar-refractivity contribution in [1.29, 1.82) is 0 Å². The number of aliphatic hydroxyl groups is 1. The van der Waals surface area contributed by atoms with Crippen molar-refractivity contribution >= 4 is 5.96 Å². The van der Waals surface area contributed by atoms with Gasteiger partial charge in [0.2, 0.25) is 0 Å². The highest BCUT2D eigenvalue weighted by atomic mass is 19.2. The molecule has 1 saturated carbocycles. The van der Waals surface area contributed by atoms with Crippen LogP contribution in [0.5, 0.6) is 0 Å². The van der Waals surface area contributed by atoms with Gasteiger partial charge in [-0.05, 0) is 44.4 Å². The van der Waals surface area contributed by atoms with Gasteiger partial charge in [0.05, 0.1) is 12.1 Å². The molecule has 4 nitrogen and oxygen atoms in total. The van der Waals surface area contributed by atoms with Crippen molar-refractivity contribution in [2.75, 3.05) is 13.1 Å². The van der Waals surface area contributed by atoms with Crippen LogP contribution in [0.3, 0.4) is 0 Å². The van der Waals surface area contributed by atoms with Gasteiger partial charge in [0, 0.05) is 19.0 Å². The van der Waals surface area contributed by atoms with E-state index in [1.165, 1.54) is 6.07 Å². The van der Waals surface area contributed by atoms with Gasteiger partial charge in [-0.15, -0.1) is 0 Å². The molecule has 1 aliphatic carbocycles.